The minimum Gasteiger partial charge on any atom is -0.438 e. The number of fused-ring (bicyclic) bond motifs is 2. The number of hydrogen-bond acceptors (Lipinski definition) is 6. The fourth-order valence-corrected chi connectivity index (χ4v) is 5.88. The molecule has 0 radical (unpaired) electrons. The summed E-state index contributed by atoms with van der Waals surface area (Å²) >= 11 is 0. The van der Waals surface area contributed by atoms with Crippen molar-refractivity contribution in [3.8, 4) is 0 Å². The number of amides is 2. The van der Waals surface area contributed by atoms with Crippen molar-refractivity contribution in [2.45, 2.75) is 63.3 Å². The van der Waals surface area contributed by atoms with Crippen molar-refractivity contribution in [2.75, 3.05) is 13.1 Å². The van der Waals surface area contributed by atoms with Gasteiger partial charge in [-0.15, -0.1) is 0 Å². The fourth-order valence-electron chi connectivity index (χ4n) is 5.88. The third-order valence-corrected chi connectivity index (χ3v) is 7.93. The highest BCUT2D eigenvalue weighted by atomic mass is 16.6. The first-order chi connectivity index (χ1) is 20.6. The topological polar surface area (TPSA) is 112 Å². The Kier molecular flexibility index (Phi) is 8.48. The lowest BCUT2D eigenvalue weighted by Gasteiger charge is -2.14. The van der Waals surface area contributed by atoms with Crippen LogP contribution in [0, 0.1) is 0 Å². The molecular formula is C32H36N6O4. The summed E-state index contributed by atoms with van der Waals surface area (Å²) < 4.78 is 15.4. The highest BCUT2D eigenvalue weighted by Crippen LogP contribution is 2.39. The number of aryl methyl sites for hydroxylation is 3. The maximum atomic E-state index is 12.6. The Morgan fingerprint density at radius 2 is 1.48 bits per heavy atom. The molecule has 10 nitrogen and oxygen atoms in total. The summed E-state index contributed by atoms with van der Waals surface area (Å²) in [4.78, 5) is 33.5. The Hall–Kier alpha value is -4.60. The summed E-state index contributed by atoms with van der Waals surface area (Å²) in [5.41, 5.74) is 3.62. The minimum absolute atomic E-state index is 0.113. The molecule has 4 aromatic rings. The molecule has 2 aromatic heterocycles. The molecule has 3 atom stereocenters. The van der Waals surface area contributed by atoms with Gasteiger partial charge in [-0.1, -0.05) is 54.6 Å². The van der Waals surface area contributed by atoms with Crippen molar-refractivity contribution >= 4 is 12.2 Å². The van der Waals surface area contributed by atoms with Crippen LogP contribution in [0.25, 0.3) is 0 Å². The van der Waals surface area contributed by atoms with Gasteiger partial charge in [0.15, 0.2) is 18.0 Å². The molecule has 2 aromatic carbocycles. The van der Waals surface area contributed by atoms with Gasteiger partial charge in [0, 0.05) is 57.3 Å². The summed E-state index contributed by atoms with van der Waals surface area (Å²) in [6.07, 6.45) is 10.6. The van der Waals surface area contributed by atoms with Gasteiger partial charge < -0.3 is 29.2 Å². The number of ether oxygens (including phenoxy) is 2. The van der Waals surface area contributed by atoms with Gasteiger partial charge in [0.2, 0.25) is 0 Å². The van der Waals surface area contributed by atoms with Crippen LogP contribution in [-0.2, 0) is 28.9 Å². The quantitative estimate of drug-likeness (QED) is 0.238. The van der Waals surface area contributed by atoms with Gasteiger partial charge in [0.05, 0.1) is 6.04 Å². The van der Waals surface area contributed by atoms with Crippen LogP contribution >= 0.6 is 0 Å². The lowest BCUT2D eigenvalue weighted by Crippen LogP contribution is -2.27. The van der Waals surface area contributed by atoms with Gasteiger partial charge in [0.25, 0.3) is 0 Å². The lowest BCUT2D eigenvalue weighted by molar-refractivity contribution is 0.0944. The van der Waals surface area contributed by atoms with E-state index < -0.39 is 12.2 Å². The van der Waals surface area contributed by atoms with Crippen LogP contribution in [0.1, 0.15) is 72.3 Å². The van der Waals surface area contributed by atoms with E-state index in [2.05, 4.69) is 61.6 Å². The maximum absolute atomic E-state index is 12.6. The second kappa shape index (κ2) is 12.9. The van der Waals surface area contributed by atoms with Crippen LogP contribution in [0.15, 0.2) is 79.4 Å². The molecule has 0 spiro atoms. The van der Waals surface area contributed by atoms with E-state index in [0.29, 0.717) is 19.5 Å². The van der Waals surface area contributed by atoms with Crippen LogP contribution in [0.2, 0.25) is 0 Å². The molecule has 0 saturated heterocycles. The highest BCUT2D eigenvalue weighted by Gasteiger charge is 2.35. The molecule has 42 heavy (non-hydrogen) atoms. The van der Waals surface area contributed by atoms with Crippen LogP contribution in [0.5, 0.6) is 0 Å². The first-order valence-corrected chi connectivity index (χ1v) is 14.7. The molecule has 2 unspecified atom stereocenters. The average Bonchev–Trinajstić information content (AvgIpc) is 3.79. The summed E-state index contributed by atoms with van der Waals surface area (Å²) in [7, 11) is 0. The zero-order valence-corrected chi connectivity index (χ0v) is 23.5. The number of nitrogens with zero attached hydrogens (tertiary/aromatic N) is 4. The first kappa shape index (κ1) is 27.6. The zero-order chi connectivity index (χ0) is 28.7. The van der Waals surface area contributed by atoms with Crippen molar-refractivity contribution in [1.29, 1.82) is 0 Å². The van der Waals surface area contributed by atoms with Gasteiger partial charge in [-0.2, -0.15) is 0 Å². The Morgan fingerprint density at radius 1 is 0.810 bits per heavy atom. The molecule has 2 aliphatic rings. The van der Waals surface area contributed by atoms with Gasteiger partial charge in [-0.05, 0) is 42.4 Å². The SMILES string of the molecule is O=C(NCCCc1cccc(CCCNC(=O)O[C@@H]2CC(c3ccccc3)n3ccnc32)c1)OC1CCn2ccnc21. The number of carbonyl (C=O) groups excluding carboxylic acids is 2. The number of nitrogens with one attached hydrogen (secondary N) is 2. The molecule has 6 rings (SSSR count). The molecule has 2 N–H and O–H groups in total. The fraction of sp³-hybridized carbons (Fsp3) is 0.375. The number of benzene rings is 2. The smallest absolute Gasteiger partial charge is 0.407 e. The van der Waals surface area contributed by atoms with E-state index in [0.717, 1.165) is 50.3 Å². The Bertz CT molecular complexity index is 1500. The van der Waals surface area contributed by atoms with Crippen LogP contribution in [0.4, 0.5) is 9.59 Å². The van der Waals surface area contributed by atoms with Crippen LogP contribution < -0.4 is 10.6 Å². The average molecular weight is 569 g/mol. The predicted octanol–water partition coefficient (Wildman–Crippen LogP) is 5.28. The second-order valence-corrected chi connectivity index (χ2v) is 10.8. The van der Waals surface area contributed by atoms with Gasteiger partial charge >= 0.3 is 12.2 Å². The van der Waals surface area contributed by atoms with Crippen molar-refractivity contribution < 1.29 is 19.1 Å². The summed E-state index contributed by atoms with van der Waals surface area (Å²) in [6, 6.07) is 18.8. The largest absolute Gasteiger partial charge is 0.438 e. The number of aromatic nitrogens is 4. The molecule has 2 amide bonds. The van der Waals surface area contributed by atoms with E-state index in [1.165, 1.54) is 16.7 Å². The number of alkyl carbamates (subject to hydrolysis) is 2. The summed E-state index contributed by atoms with van der Waals surface area (Å²) in [5.74, 6) is 1.59. The van der Waals surface area contributed by atoms with Crippen LogP contribution in [0.3, 0.4) is 0 Å². The Balaban J connectivity index is 0.879. The standard InChI is InChI=1S/C32H36N6O4/c39-31(41-27-13-18-37-19-16-33-29(27)37)35-14-5-9-23-7-4-8-24(21-23)10-6-15-36-32(40)42-28-22-26(25-11-2-1-3-12-25)38-20-17-34-30(28)38/h1-4,7-8,11-12,16-17,19-21,26-28H,5-6,9-10,13-15,18,22H2,(H,35,39)(H,36,40)/t26?,27?,28-/m1/s1. The van der Waals surface area contributed by atoms with E-state index in [9.17, 15) is 9.59 Å². The minimum atomic E-state index is -0.416. The first-order valence-electron chi connectivity index (χ1n) is 14.7. The molecule has 2 aliphatic heterocycles. The molecule has 4 heterocycles. The number of carbonyl (C=O) groups is 2. The highest BCUT2D eigenvalue weighted by molar-refractivity contribution is 5.67. The van der Waals surface area contributed by atoms with E-state index in [-0.39, 0.29) is 18.2 Å². The number of rotatable bonds is 11. The summed E-state index contributed by atoms with van der Waals surface area (Å²) in [5, 5.41) is 5.75. The molecule has 0 aliphatic carbocycles. The maximum Gasteiger partial charge on any atom is 0.407 e. The lowest BCUT2D eigenvalue weighted by atomic mass is 10.0. The Morgan fingerprint density at radius 3 is 2.21 bits per heavy atom. The Labute approximate surface area is 245 Å². The van der Waals surface area contributed by atoms with Crippen molar-refractivity contribution in [1.82, 2.24) is 29.7 Å². The molecule has 0 bridgehead atoms. The molecular weight excluding hydrogens is 532 g/mol. The molecule has 0 fully saturated rings. The number of imidazole rings is 2. The van der Waals surface area contributed by atoms with Gasteiger partial charge in [0.1, 0.15) is 5.82 Å². The molecule has 218 valence electrons. The third kappa shape index (κ3) is 6.48. The molecule has 0 saturated carbocycles. The zero-order valence-electron chi connectivity index (χ0n) is 23.5. The van der Waals surface area contributed by atoms with Crippen molar-refractivity contribution in [3.63, 3.8) is 0 Å². The predicted molar refractivity (Wildman–Crippen MR) is 156 cm³/mol. The normalized spacial score (nSPS) is 18.7. The van der Waals surface area contributed by atoms with Crippen molar-refractivity contribution in [3.05, 3.63) is 108 Å². The van der Waals surface area contributed by atoms with Gasteiger partial charge in [-0.25, -0.2) is 19.6 Å². The second-order valence-electron chi connectivity index (χ2n) is 10.8. The van der Waals surface area contributed by atoms with Crippen molar-refractivity contribution in [2.24, 2.45) is 0 Å². The number of hydrogen-bond donors (Lipinski definition) is 2. The van der Waals surface area contributed by atoms with Gasteiger partial charge in [-0.3, -0.25) is 0 Å². The van der Waals surface area contributed by atoms with E-state index in [1.807, 2.05) is 35.2 Å². The summed E-state index contributed by atoms with van der Waals surface area (Å²) in [6.45, 7) is 1.90. The van der Waals surface area contributed by atoms with E-state index >= 15 is 0 Å². The monoisotopic (exact) mass is 568 g/mol. The third-order valence-electron chi connectivity index (χ3n) is 7.93. The van der Waals surface area contributed by atoms with Crippen LogP contribution in [-0.4, -0.2) is 44.4 Å². The van der Waals surface area contributed by atoms with E-state index in [4.69, 9.17) is 9.47 Å². The van der Waals surface area contributed by atoms with E-state index in [1.54, 1.807) is 12.4 Å². The molecule has 10 heteroatoms.